The average Bonchev–Trinajstić information content (AvgIpc) is 2.34. The number of amides is 2. The summed E-state index contributed by atoms with van der Waals surface area (Å²) in [4.78, 5) is 22.3. The number of primary amides is 1. The summed E-state index contributed by atoms with van der Waals surface area (Å²) in [6.07, 6.45) is 4.51. The summed E-state index contributed by atoms with van der Waals surface area (Å²) >= 11 is 0. The van der Waals surface area contributed by atoms with Gasteiger partial charge in [0, 0.05) is 32.6 Å². The van der Waals surface area contributed by atoms with Crippen molar-refractivity contribution in [3.05, 3.63) is 6.42 Å². The highest BCUT2D eigenvalue weighted by atomic mass is 16.5. The summed E-state index contributed by atoms with van der Waals surface area (Å²) in [6, 6.07) is 0. The number of hydrogen-bond acceptors (Lipinski definition) is 3. The standard InChI is InChI=1S/C13H23N2O3/c1-10(8-12(14)16)2-3-13(17)15-9-11-4-6-18-7-5-11/h2,10-11H,3-9H2,1H3,(H2,14,16)(H,15,17)/t10-/m1/s1. The molecule has 103 valence electrons. The summed E-state index contributed by atoms with van der Waals surface area (Å²) in [5.74, 6) is 0.265. The molecule has 1 heterocycles. The van der Waals surface area contributed by atoms with E-state index in [0.29, 0.717) is 18.8 Å². The predicted octanol–water partition coefficient (Wildman–Crippen LogP) is 0.635. The second-order valence-corrected chi connectivity index (χ2v) is 4.95. The van der Waals surface area contributed by atoms with E-state index in [0.717, 1.165) is 32.6 Å². The predicted molar refractivity (Wildman–Crippen MR) is 68.4 cm³/mol. The van der Waals surface area contributed by atoms with Crippen LogP contribution in [0.2, 0.25) is 0 Å². The number of hydrogen-bond donors (Lipinski definition) is 2. The summed E-state index contributed by atoms with van der Waals surface area (Å²) in [5, 5.41) is 2.92. The summed E-state index contributed by atoms with van der Waals surface area (Å²) < 4.78 is 5.26. The molecule has 2 amide bonds. The van der Waals surface area contributed by atoms with Gasteiger partial charge in [-0.05, 0) is 31.1 Å². The number of nitrogens with one attached hydrogen (secondary N) is 1. The highest BCUT2D eigenvalue weighted by Gasteiger charge is 2.15. The molecule has 5 nitrogen and oxygen atoms in total. The Labute approximate surface area is 108 Å². The molecule has 0 spiro atoms. The van der Waals surface area contributed by atoms with Crippen molar-refractivity contribution in [1.29, 1.82) is 0 Å². The molecule has 1 radical (unpaired) electrons. The Morgan fingerprint density at radius 1 is 1.44 bits per heavy atom. The number of carbonyl (C=O) groups is 2. The van der Waals surface area contributed by atoms with Crippen LogP contribution in [0.4, 0.5) is 0 Å². The van der Waals surface area contributed by atoms with E-state index >= 15 is 0 Å². The van der Waals surface area contributed by atoms with Gasteiger partial charge in [0.15, 0.2) is 0 Å². The van der Waals surface area contributed by atoms with Gasteiger partial charge in [-0.25, -0.2) is 0 Å². The Hall–Kier alpha value is -1.10. The van der Waals surface area contributed by atoms with Gasteiger partial charge in [0.05, 0.1) is 0 Å². The van der Waals surface area contributed by atoms with Gasteiger partial charge in [0.2, 0.25) is 11.8 Å². The second-order valence-electron chi connectivity index (χ2n) is 4.95. The van der Waals surface area contributed by atoms with Gasteiger partial charge in [0.25, 0.3) is 0 Å². The van der Waals surface area contributed by atoms with Crippen LogP contribution < -0.4 is 11.1 Å². The minimum Gasteiger partial charge on any atom is -0.381 e. The van der Waals surface area contributed by atoms with Gasteiger partial charge in [-0.3, -0.25) is 9.59 Å². The second kappa shape index (κ2) is 8.08. The maximum Gasteiger partial charge on any atom is 0.220 e. The van der Waals surface area contributed by atoms with Gasteiger partial charge >= 0.3 is 0 Å². The number of rotatable bonds is 7. The molecule has 3 N–H and O–H groups in total. The van der Waals surface area contributed by atoms with Crippen LogP contribution in [0.5, 0.6) is 0 Å². The van der Waals surface area contributed by atoms with Crippen LogP contribution in [0.1, 0.15) is 32.6 Å². The van der Waals surface area contributed by atoms with Crippen molar-refractivity contribution >= 4 is 11.8 Å². The van der Waals surface area contributed by atoms with Gasteiger partial charge in [0.1, 0.15) is 0 Å². The van der Waals surface area contributed by atoms with Gasteiger partial charge in [-0.1, -0.05) is 6.92 Å². The molecule has 0 aromatic carbocycles. The van der Waals surface area contributed by atoms with Crippen LogP contribution in [0.25, 0.3) is 0 Å². The van der Waals surface area contributed by atoms with E-state index in [-0.39, 0.29) is 17.7 Å². The third kappa shape index (κ3) is 6.59. The molecular formula is C13H23N2O3. The van der Waals surface area contributed by atoms with Crippen LogP contribution in [0.15, 0.2) is 0 Å². The third-order valence-electron chi connectivity index (χ3n) is 3.16. The first kappa shape index (κ1) is 15.0. The molecule has 1 aliphatic rings. The van der Waals surface area contributed by atoms with Gasteiger partial charge in [-0.2, -0.15) is 0 Å². The highest BCUT2D eigenvalue weighted by Crippen LogP contribution is 2.13. The van der Waals surface area contributed by atoms with Gasteiger partial charge in [-0.15, -0.1) is 0 Å². The van der Waals surface area contributed by atoms with Crippen molar-refractivity contribution in [1.82, 2.24) is 5.32 Å². The van der Waals surface area contributed by atoms with Crippen LogP contribution in [-0.2, 0) is 14.3 Å². The molecule has 0 unspecified atom stereocenters. The molecule has 1 fully saturated rings. The Balaban J connectivity index is 2.07. The topological polar surface area (TPSA) is 81.4 Å². The van der Waals surface area contributed by atoms with Crippen LogP contribution in [-0.4, -0.2) is 31.6 Å². The minimum atomic E-state index is -0.332. The van der Waals surface area contributed by atoms with Crippen molar-refractivity contribution < 1.29 is 14.3 Å². The highest BCUT2D eigenvalue weighted by molar-refractivity contribution is 5.77. The summed E-state index contributed by atoms with van der Waals surface area (Å²) in [5.41, 5.74) is 5.08. The van der Waals surface area contributed by atoms with E-state index in [1.165, 1.54) is 0 Å². The lowest BCUT2D eigenvalue weighted by Crippen LogP contribution is -2.32. The molecule has 18 heavy (non-hydrogen) atoms. The maximum absolute atomic E-state index is 11.6. The van der Waals surface area contributed by atoms with Crippen molar-refractivity contribution in [2.45, 2.75) is 32.6 Å². The normalized spacial score (nSPS) is 18.3. The van der Waals surface area contributed by atoms with Crippen LogP contribution in [0, 0.1) is 18.3 Å². The molecule has 1 atom stereocenters. The Kier molecular flexibility index (Phi) is 6.72. The molecule has 0 saturated carbocycles. The monoisotopic (exact) mass is 255 g/mol. The first-order valence-electron chi connectivity index (χ1n) is 6.54. The zero-order chi connectivity index (χ0) is 13.4. The Bertz CT molecular complexity index is 275. The minimum absolute atomic E-state index is 0.0119. The molecule has 1 rings (SSSR count). The smallest absolute Gasteiger partial charge is 0.220 e. The SMILES string of the molecule is C[C@H]([CH]CC(=O)NCC1CCOCC1)CC(N)=O. The largest absolute Gasteiger partial charge is 0.381 e. The average molecular weight is 255 g/mol. The van der Waals surface area contributed by atoms with Crippen LogP contribution >= 0.6 is 0 Å². The fourth-order valence-electron chi connectivity index (χ4n) is 1.99. The van der Waals surface area contributed by atoms with Crippen molar-refractivity contribution in [2.75, 3.05) is 19.8 Å². The molecule has 1 saturated heterocycles. The van der Waals surface area contributed by atoms with E-state index in [4.69, 9.17) is 10.5 Å². The van der Waals surface area contributed by atoms with Gasteiger partial charge < -0.3 is 15.8 Å². The fraction of sp³-hybridized carbons (Fsp3) is 0.769. The number of nitrogens with two attached hydrogens (primary N) is 1. The zero-order valence-corrected chi connectivity index (χ0v) is 11.0. The molecule has 0 aromatic rings. The van der Waals surface area contributed by atoms with Crippen molar-refractivity contribution in [2.24, 2.45) is 17.6 Å². The Morgan fingerprint density at radius 3 is 2.72 bits per heavy atom. The molecule has 0 aromatic heterocycles. The number of carbonyl (C=O) groups excluding carboxylic acids is 2. The van der Waals surface area contributed by atoms with E-state index < -0.39 is 0 Å². The first-order chi connectivity index (χ1) is 8.58. The van der Waals surface area contributed by atoms with E-state index in [2.05, 4.69) is 5.32 Å². The fourth-order valence-corrected chi connectivity index (χ4v) is 1.99. The molecule has 0 bridgehead atoms. The Morgan fingerprint density at radius 2 is 2.11 bits per heavy atom. The molecule has 1 aliphatic heterocycles. The lowest BCUT2D eigenvalue weighted by atomic mass is 9.99. The third-order valence-corrected chi connectivity index (χ3v) is 3.16. The zero-order valence-electron chi connectivity index (χ0n) is 11.0. The lowest BCUT2D eigenvalue weighted by molar-refractivity contribution is -0.121. The van der Waals surface area contributed by atoms with Crippen molar-refractivity contribution in [3.63, 3.8) is 0 Å². The molecule has 0 aliphatic carbocycles. The van der Waals surface area contributed by atoms with E-state index in [1.54, 1.807) is 0 Å². The molecular weight excluding hydrogens is 232 g/mol. The van der Waals surface area contributed by atoms with E-state index in [1.807, 2.05) is 13.3 Å². The lowest BCUT2D eigenvalue weighted by Gasteiger charge is -2.22. The maximum atomic E-state index is 11.6. The van der Waals surface area contributed by atoms with E-state index in [9.17, 15) is 9.59 Å². The van der Waals surface area contributed by atoms with Crippen molar-refractivity contribution in [3.8, 4) is 0 Å². The number of ether oxygens (including phenoxy) is 1. The molecule has 5 heteroatoms. The first-order valence-corrected chi connectivity index (χ1v) is 6.54. The van der Waals surface area contributed by atoms with Crippen LogP contribution in [0.3, 0.4) is 0 Å². The quantitative estimate of drug-likeness (QED) is 0.700. The summed E-state index contributed by atoms with van der Waals surface area (Å²) in [6.45, 7) is 4.20. The summed E-state index contributed by atoms with van der Waals surface area (Å²) in [7, 11) is 0.